The molecule has 0 saturated carbocycles. The van der Waals surface area contributed by atoms with Crippen LogP contribution in [0.1, 0.15) is 21.9 Å². The van der Waals surface area contributed by atoms with E-state index in [1.165, 1.54) is 7.11 Å². The van der Waals surface area contributed by atoms with Crippen molar-refractivity contribution in [3.63, 3.8) is 0 Å². The second-order valence-corrected chi connectivity index (χ2v) is 4.97. The number of ether oxygens (including phenoxy) is 1. The van der Waals surface area contributed by atoms with Gasteiger partial charge in [-0.1, -0.05) is 23.2 Å². The number of halogens is 2. The molecule has 1 aromatic heterocycles. The van der Waals surface area contributed by atoms with Crippen molar-refractivity contribution in [2.75, 3.05) is 12.4 Å². The zero-order valence-corrected chi connectivity index (χ0v) is 12.5. The first kappa shape index (κ1) is 14.8. The maximum atomic E-state index is 11.5. The Bertz CT molecular complexity index is 637. The van der Waals surface area contributed by atoms with Crippen molar-refractivity contribution in [2.24, 2.45) is 0 Å². The third-order valence-electron chi connectivity index (χ3n) is 2.76. The second-order valence-electron chi connectivity index (χ2n) is 4.16. The van der Waals surface area contributed by atoms with Crippen molar-refractivity contribution in [3.8, 4) is 0 Å². The van der Waals surface area contributed by atoms with Crippen molar-refractivity contribution in [1.29, 1.82) is 0 Å². The lowest BCUT2D eigenvalue weighted by molar-refractivity contribution is 0.0599. The first-order chi connectivity index (χ1) is 9.51. The standard InChI is InChI=1S/C14H13Cl2NO3/c1-8-11(14(18)19-2)6-10(20-8)7-17-9-3-4-12(15)13(16)5-9/h3-6,17H,7H2,1-2H3. The molecule has 6 heteroatoms. The number of methoxy groups -OCH3 is 1. The molecule has 1 aromatic carbocycles. The van der Waals surface area contributed by atoms with Crippen LogP contribution in [-0.4, -0.2) is 13.1 Å². The molecule has 0 aliphatic carbocycles. The summed E-state index contributed by atoms with van der Waals surface area (Å²) in [5.74, 6) is 0.754. The van der Waals surface area contributed by atoms with Gasteiger partial charge in [0.1, 0.15) is 17.1 Å². The Balaban J connectivity index is 2.07. The van der Waals surface area contributed by atoms with Gasteiger partial charge < -0.3 is 14.5 Å². The summed E-state index contributed by atoms with van der Waals surface area (Å²) in [7, 11) is 1.34. The van der Waals surface area contributed by atoms with Gasteiger partial charge in [0.25, 0.3) is 0 Å². The predicted molar refractivity (Wildman–Crippen MR) is 78.6 cm³/mol. The smallest absolute Gasteiger partial charge is 0.341 e. The maximum absolute atomic E-state index is 11.5. The maximum Gasteiger partial charge on any atom is 0.341 e. The molecule has 0 radical (unpaired) electrons. The normalized spacial score (nSPS) is 10.4. The number of rotatable bonds is 4. The number of aryl methyl sites for hydroxylation is 1. The molecule has 4 nitrogen and oxygen atoms in total. The number of hydrogen-bond acceptors (Lipinski definition) is 4. The van der Waals surface area contributed by atoms with Crippen molar-refractivity contribution in [1.82, 2.24) is 0 Å². The Morgan fingerprint density at radius 1 is 1.30 bits per heavy atom. The molecule has 2 rings (SSSR count). The number of hydrogen-bond donors (Lipinski definition) is 1. The zero-order chi connectivity index (χ0) is 14.7. The highest BCUT2D eigenvalue weighted by Gasteiger charge is 2.15. The summed E-state index contributed by atoms with van der Waals surface area (Å²) in [6.07, 6.45) is 0. The number of furan rings is 1. The number of carbonyl (C=O) groups is 1. The SMILES string of the molecule is COC(=O)c1cc(CNc2ccc(Cl)c(Cl)c2)oc1C. The average molecular weight is 314 g/mol. The highest BCUT2D eigenvalue weighted by molar-refractivity contribution is 6.42. The lowest BCUT2D eigenvalue weighted by Gasteiger charge is -2.05. The molecule has 0 atom stereocenters. The first-order valence-electron chi connectivity index (χ1n) is 5.88. The Kier molecular flexibility index (Phi) is 4.57. The molecule has 0 spiro atoms. The molecule has 0 unspecified atom stereocenters. The van der Waals surface area contributed by atoms with E-state index < -0.39 is 5.97 Å². The van der Waals surface area contributed by atoms with Gasteiger partial charge in [-0.2, -0.15) is 0 Å². The first-order valence-corrected chi connectivity index (χ1v) is 6.63. The third kappa shape index (κ3) is 3.26. The van der Waals surface area contributed by atoms with Gasteiger partial charge in [-0.3, -0.25) is 0 Å². The van der Waals surface area contributed by atoms with E-state index in [9.17, 15) is 4.79 Å². The minimum Gasteiger partial charge on any atom is -0.465 e. The van der Waals surface area contributed by atoms with Crippen molar-refractivity contribution in [2.45, 2.75) is 13.5 Å². The van der Waals surface area contributed by atoms with Crippen LogP contribution in [0.2, 0.25) is 10.0 Å². The molecule has 1 N–H and O–H groups in total. The van der Waals surface area contributed by atoms with Gasteiger partial charge in [0.05, 0.1) is 23.7 Å². The van der Waals surface area contributed by atoms with Gasteiger partial charge in [0.15, 0.2) is 0 Å². The third-order valence-corrected chi connectivity index (χ3v) is 3.50. The topological polar surface area (TPSA) is 51.5 Å². The van der Waals surface area contributed by atoms with Crippen LogP contribution in [0.3, 0.4) is 0 Å². The number of nitrogens with one attached hydrogen (secondary N) is 1. The summed E-state index contributed by atoms with van der Waals surface area (Å²) < 4.78 is 10.2. The Labute approximate surface area is 126 Å². The Morgan fingerprint density at radius 3 is 2.70 bits per heavy atom. The fourth-order valence-electron chi connectivity index (χ4n) is 1.74. The summed E-state index contributed by atoms with van der Waals surface area (Å²) in [6, 6.07) is 6.90. The van der Waals surface area contributed by atoms with E-state index >= 15 is 0 Å². The molecule has 106 valence electrons. The van der Waals surface area contributed by atoms with Crippen LogP contribution >= 0.6 is 23.2 Å². The minimum absolute atomic E-state index is 0.410. The minimum atomic E-state index is -0.410. The second kappa shape index (κ2) is 6.20. The van der Waals surface area contributed by atoms with Gasteiger partial charge in [-0.15, -0.1) is 0 Å². The summed E-state index contributed by atoms with van der Waals surface area (Å²) in [4.78, 5) is 11.5. The summed E-state index contributed by atoms with van der Waals surface area (Å²) in [5.41, 5.74) is 1.24. The number of esters is 1. The van der Waals surface area contributed by atoms with E-state index in [4.69, 9.17) is 27.6 Å². The van der Waals surface area contributed by atoms with E-state index in [2.05, 4.69) is 10.1 Å². The number of carbonyl (C=O) groups excluding carboxylic acids is 1. The molecule has 0 aliphatic rings. The van der Waals surface area contributed by atoms with Crippen LogP contribution in [0.5, 0.6) is 0 Å². The van der Waals surface area contributed by atoms with Gasteiger partial charge in [0, 0.05) is 5.69 Å². The van der Waals surface area contributed by atoms with Crippen LogP contribution in [0, 0.1) is 6.92 Å². The molecule has 20 heavy (non-hydrogen) atoms. The van der Waals surface area contributed by atoms with E-state index in [0.29, 0.717) is 33.7 Å². The van der Waals surface area contributed by atoms with Crippen molar-refractivity contribution >= 4 is 34.9 Å². The van der Waals surface area contributed by atoms with Crippen molar-refractivity contribution < 1.29 is 13.9 Å². The average Bonchev–Trinajstić information content (AvgIpc) is 2.80. The molecule has 0 aliphatic heterocycles. The van der Waals surface area contributed by atoms with Crippen LogP contribution in [0.25, 0.3) is 0 Å². The quantitative estimate of drug-likeness (QED) is 0.855. The Hall–Kier alpha value is -1.65. The molecule has 0 bridgehead atoms. The molecular formula is C14H13Cl2NO3. The largest absolute Gasteiger partial charge is 0.465 e. The van der Waals surface area contributed by atoms with Gasteiger partial charge in [-0.25, -0.2) is 4.79 Å². The monoisotopic (exact) mass is 313 g/mol. The molecular weight excluding hydrogens is 301 g/mol. The summed E-state index contributed by atoms with van der Waals surface area (Å²) in [5, 5.41) is 4.11. The van der Waals surface area contributed by atoms with E-state index in [1.54, 1.807) is 25.1 Å². The van der Waals surface area contributed by atoms with Crippen LogP contribution < -0.4 is 5.32 Å². The van der Waals surface area contributed by atoms with Crippen LogP contribution in [0.15, 0.2) is 28.7 Å². The zero-order valence-electron chi connectivity index (χ0n) is 11.0. The van der Waals surface area contributed by atoms with Gasteiger partial charge in [0.2, 0.25) is 0 Å². The lowest BCUT2D eigenvalue weighted by atomic mass is 10.2. The van der Waals surface area contributed by atoms with E-state index in [-0.39, 0.29) is 0 Å². The molecule has 0 fully saturated rings. The van der Waals surface area contributed by atoms with Crippen molar-refractivity contribution in [3.05, 3.63) is 51.4 Å². The highest BCUT2D eigenvalue weighted by atomic mass is 35.5. The fourth-order valence-corrected chi connectivity index (χ4v) is 2.04. The Morgan fingerprint density at radius 2 is 2.05 bits per heavy atom. The van der Waals surface area contributed by atoms with Crippen LogP contribution in [0.4, 0.5) is 5.69 Å². The predicted octanol–water partition coefficient (Wildman–Crippen LogP) is 4.29. The fraction of sp³-hybridized carbons (Fsp3) is 0.214. The molecule has 2 aromatic rings. The highest BCUT2D eigenvalue weighted by Crippen LogP contribution is 2.25. The van der Waals surface area contributed by atoms with Crippen LogP contribution in [-0.2, 0) is 11.3 Å². The summed E-state index contributed by atoms with van der Waals surface area (Å²) >= 11 is 11.8. The summed E-state index contributed by atoms with van der Waals surface area (Å²) in [6.45, 7) is 2.14. The van der Waals surface area contributed by atoms with E-state index in [0.717, 1.165) is 5.69 Å². The number of anilines is 1. The van der Waals surface area contributed by atoms with E-state index in [1.807, 2.05) is 6.07 Å². The molecule has 0 amide bonds. The molecule has 0 saturated heterocycles. The van der Waals surface area contributed by atoms with Gasteiger partial charge in [-0.05, 0) is 31.2 Å². The molecule has 1 heterocycles. The van der Waals surface area contributed by atoms with Gasteiger partial charge >= 0.3 is 5.97 Å². The lowest BCUT2D eigenvalue weighted by Crippen LogP contribution is -2.01. The number of benzene rings is 1.